The molecule has 1 aromatic rings. The molecule has 98 valence electrons. The maximum atomic E-state index is 12.1. The summed E-state index contributed by atoms with van der Waals surface area (Å²) in [6.45, 7) is 1.37. The standard InChI is InChI=1S/C13H18N2OS2/c1-17-13(5-3-6-13)9-15-11(16)8-14-12(15)10-4-2-7-18-10/h2,4,7,12,14H,3,5-6,8-9H2,1H3. The summed E-state index contributed by atoms with van der Waals surface area (Å²) < 4.78 is 0.317. The number of nitrogens with one attached hydrogen (secondary N) is 1. The second kappa shape index (κ2) is 4.87. The van der Waals surface area contributed by atoms with Gasteiger partial charge >= 0.3 is 0 Å². The van der Waals surface area contributed by atoms with Crippen molar-refractivity contribution in [2.24, 2.45) is 0 Å². The quantitative estimate of drug-likeness (QED) is 0.921. The highest BCUT2D eigenvalue weighted by Crippen LogP contribution is 2.44. The van der Waals surface area contributed by atoms with E-state index >= 15 is 0 Å². The normalized spacial score (nSPS) is 26.4. The Balaban J connectivity index is 1.77. The van der Waals surface area contributed by atoms with Gasteiger partial charge in [0.2, 0.25) is 5.91 Å². The van der Waals surface area contributed by atoms with Crippen molar-refractivity contribution < 1.29 is 4.79 Å². The molecule has 0 bridgehead atoms. The topological polar surface area (TPSA) is 32.3 Å². The van der Waals surface area contributed by atoms with Crippen LogP contribution < -0.4 is 5.32 Å². The summed E-state index contributed by atoms with van der Waals surface area (Å²) in [6.07, 6.45) is 6.07. The van der Waals surface area contributed by atoms with Gasteiger partial charge < -0.3 is 4.90 Å². The molecule has 1 aliphatic carbocycles. The molecule has 0 aromatic carbocycles. The van der Waals surface area contributed by atoms with E-state index < -0.39 is 0 Å². The number of rotatable bonds is 4. The molecule has 2 fully saturated rings. The fourth-order valence-corrected chi connectivity index (χ4v) is 4.50. The summed E-state index contributed by atoms with van der Waals surface area (Å²) in [6, 6.07) is 4.16. The van der Waals surface area contributed by atoms with E-state index in [9.17, 15) is 4.79 Å². The van der Waals surface area contributed by atoms with Crippen molar-refractivity contribution in [3.05, 3.63) is 22.4 Å². The van der Waals surface area contributed by atoms with Gasteiger partial charge in [0, 0.05) is 16.2 Å². The van der Waals surface area contributed by atoms with Crippen LogP contribution in [0.25, 0.3) is 0 Å². The molecule has 1 amide bonds. The third kappa shape index (κ3) is 2.08. The minimum atomic E-state index is 0.0992. The van der Waals surface area contributed by atoms with E-state index in [1.54, 1.807) is 11.3 Å². The SMILES string of the molecule is CSC1(CN2C(=O)CNC2c2cccs2)CCC1. The zero-order valence-corrected chi connectivity index (χ0v) is 12.1. The van der Waals surface area contributed by atoms with Crippen molar-refractivity contribution in [3.63, 3.8) is 0 Å². The Morgan fingerprint density at radius 1 is 1.61 bits per heavy atom. The van der Waals surface area contributed by atoms with Gasteiger partial charge in [0.05, 0.1) is 6.54 Å². The van der Waals surface area contributed by atoms with Crippen molar-refractivity contribution in [2.75, 3.05) is 19.3 Å². The van der Waals surface area contributed by atoms with E-state index in [0.717, 1.165) is 6.54 Å². The zero-order valence-electron chi connectivity index (χ0n) is 10.5. The second-order valence-electron chi connectivity index (χ2n) is 5.06. The summed E-state index contributed by atoms with van der Waals surface area (Å²) >= 11 is 3.65. The first-order valence-electron chi connectivity index (χ1n) is 6.35. The number of nitrogens with zero attached hydrogens (tertiary/aromatic N) is 1. The number of carbonyl (C=O) groups is 1. The Labute approximate surface area is 116 Å². The third-order valence-electron chi connectivity index (χ3n) is 4.05. The van der Waals surface area contributed by atoms with E-state index in [2.05, 4.69) is 29.1 Å². The maximum Gasteiger partial charge on any atom is 0.238 e. The van der Waals surface area contributed by atoms with Gasteiger partial charge in [0.15, 0.2) is 0 Å². The highest BCUT2D eigenvalue weighted by Gasteiger charge is 2.43. The summed E-state index contributed by atoms with van der Waals surface area (Å²) in [5, 5.41) is 5.41. The molecule has 5 heteroatoms. The van der Waals surface area contributed by atoms with Crippen LogP contribution in [0.4, 0.5) is 0 Å². The molecule has 18 heavy (non-hydrogen) atoms. The third-order valence-corrected chi connectivity index (χ3v) is 6.38. The van der Waals surface area contributed by atoms with Gasteiger partial charge in [-0.1, -0.05) is 12.5 Å². The van der Waals surface area contributed by atoms with Crippen LogP contribution in [0.5, 0.6) is 0 Å². The van der Waals surface area contributed by atoms with Crippen molar-refractivity contribution in [2.45, 2.75) is 30.2 Å². The maximum absolute atomic E-state index is 12.1. The second-order valence-corrected chi connectivity index (χ2v) is 7.31. The molecular weight excluding hydrogens is 264 g/mol. The molecule has 1 saturated carbocycles. The average Bonchev–Trinajstić information content (AvgIpc) is 2.94. The lowest BCUT2D eigenvalue weighted by atomic mass is 9.83. The summed E-state index contributed by atoms with van der Waals surface area (Å²) in [4.78, 5) is 15.4. The molecule has 3 nitrogen and oxygen atoms in total. The Bertz CT molecular complexity index is 423. The van der Waals surface area contributed by atoms with Gasteiger partial charge in [0.25, 0.3) is 0 Å². The zero-order chi connectivity index (χ0) is 12.6. The van der Waals surface area contributed by atoms with Crippen LogP contribution >= 0.6 is 23.1 Å². The van der Waals surface area contributed by atoms with Gasteiger partial charge in [0.1, 0.15) is 6.17 Å². The summed E-state index contributed by atoms with van der Waals surface area (Å²) in [7, 11) is 0. The first-order chi connectivity index (χ1) is 8.74. The average molecular weight is 282 g/mol. The molecular formula is C13H18N2OS2. The number of amides is 1. The highest BCUT2D eigenvalue weighted by atomic mass is 32.2. The van der Waals surface area contributed by atoms with Crippen molar-refractivity contribution >= 4 is 29.0 Å². The van der Waals surface area contributed by atoms with Crippen LogP contribution in [0.2, 0.25) is 0 Å². The van der Waals surface area contributed by atoms with E-state index in [4.69, 9.17) is 0 Å². The minimum absolute atomic E-state index is 0.0992. The lowest BCUT2D eigenvalue weighted by Gasteiger charge is -2.44. The molecule has 1 atom stereocenters. The van der Waals surface area contributed by atoms with Crippen molar-refractivity contribution in [1.29, 1.82) is 0 Å². The number of hydrogen-bond acceptors (Lipinski definition) is 4. The molecule has 1 aliphatic heterocycles. The first-order valence-corrected chi connectivity index (χ1v) is 8.46. The monoisotopic (exact) mass is 282 g/mol. The molecule has 1 aromatic heterocycles. The van der Waals surface area contributed by atoms with Crippen LogP contribution in [0.15, 0.2) is 17.5 Å². The van der Waals surface area contributed by atoms with Crippen molar-refractivity contribution in [1.82, 2.24) is 10.2 Å². The summed E-state index contributed by atoms with van der Waals surface area (Å²) in [5.41, 5.74) is 0. The van der Waals surface area contributed by atoms with Gasteiger partial charge in [-0.25, -0.2) is 0 Å². The van der Waals surface area contributed by atoms with E-state index in [-0.39, 0.29) is 12.1 Å². The molecule has 0 spiro atoms. The molecule has 2 aliphatic rings. The molecule has 1 saturated heterocycles. The lowest BCUT2D eigenvalue weighted by molar-refractivity contribution is -0.128. The molecule has 3 rings (SSSR count). The number of carbonyl (C=O) groups excluding carboxylic acids is 1. The Morgan fingerprint density at radius 2 is 2.44 bits per heavy atom. The highest BCUT2D eigenvalue weighted by molar-refractivity contribution is 8.00. The fraction of sp³-hybridized carbons (Fsp3) is 0.615. The van der Waals surface area contributed by atoms with Crippen LogP contribution in [0, 0.1) is 0 Å². The van der Waals surface area contributed by atoms with E-state index in [1.165, 1.54) is 24.1 Å². The number of hydrogen-bond donors (Lipinski definition) is 1. The van der Waals surface area contributed by atoms with Gasteiger partial charge in [-0.05, 0) is 30.5 Å². The van der Waals surface area contributed by atoms with Gasteiger partial charge in [-0.3, -0.25) is 10.1 Å². The molecule has 2 heterocycles. The molecule has 1 N–H and O–H groups in total. The van der Waals surface area contributed by atoms with E-state index in [0.29, 0.717) is 11.3 Å². The Hall–Kier alpha value is -0.520. The Kier molecular flexibility index (Phi) is 3.38. The van der Waals surface area contributed by atoms with E-state index in [1.807, 2.05) is 16.7 Å². The lowest BCUT2D eigenvalue weighted by Crippen LogP contribution is -2.47. The first kappa shape index (κ1) is 12.5. The predicted octanol–water partition coefficient (Wildman–Crippen LogP) is 2.46. The molecule has 1 unspecified atom stereocenters. The van der Waals surface area contributed by atoms with Crippen molar-refractivity contribution in [3.8, 4) is 0 Å². The largest absolute Gasteiger partial charge is 0.320 e. The molecule has 0 radical (unpaired) electrons. The number of thioether (sulfide) groups is 1. The summed E-state index contributed by atoms with van der Waals surface area (Å²) in [5.74, 6) is 0.244. The number of thiophene rings is 1. The van der Waals surface area contributed by atoms with Gasteiger partial charge in [-0.15, -0.1) is 11.3 Å². The van der Waals surface area contributed by atoms with Gasteiger partial charge in [-0.2, -0.15) is 11.8 Å². The smallest absolute Gasteiger partial charge is 0.238 e. The Morgan fingerprint density at radius 3 is 3.00 bits per heavy atom. The van der Waals surface area contributed by atoms with Crippen LogP contribution in [0.3, 0.4) is 0 Å². The van der Waals surface area contributed by atoms with Crippen LogP contribution in [-0.4, -0.2) is 34.9 Å². The minimum Gasteiger partial charge on any atom is -0.320 e. The predicted molar refractivity (Wildman–Crippen MR) is 76.9 cm³/mol. The van der Waals surface area contributed by atoms with Crippen LogP contribution in [0.1, 0.15) is 30.3 Å². The van der Waals surface area contributed by atoms with Crippen LogP contribution in [-0.2, 0) is 4.79 Å². The fourth-order valence-electron chi connectivity index (χ4n) is 2.73.